The summed E-state index contributed by atoms with van der Waals surface area (Å²) in [6.45, 7) is 0.410. The minimum Gasteiger partial charge on any atom is -0.457 e. The van der Waals surface area contributed by atoms with Crippen LogP contribution in [0.1, 0.15) is 25.7 Å². The molecule has 1 aliphatic carbocycles. The van der Waals surface area contributed by atoms with Gasteiger partial charge in [-0.15, -0.1) is 0 Å². The zero-order valence-corrected chi connectivity index (χ0v) is 9.58. The molecule has 0 radical (unpaired) electrons. The molecule has 0 atom stereocenters. The van der Waals surface area contributed by atoms with Crippen molar-refractivity contribution in [3.05, 3.63) is 36.0 Å². The van der Waals surface area contributed by atoms with Crippen LogP contribution in [0.3, 0.4) is 0 Å². The summed E-state index contributed by atoms with van der Waals surface area (Å²) in [5.41, 5.74) is 1.36. The summed E-state index contributed by atoms with van der Waals surface area (Å²) in [4.78, 5) is 10.3. The van der Waals surface area contributed by atoms with E-state index in [1.807, 2.05) is 6.08 Å². The highest BCUT2D eigenvalue weighted by Gasteiger charge is 1.94. The molecule has 0 N–H and O–H groups in total. The number of carbonyl (C=O) groups is 1. The van der Waals surface area contributed by atoms with Crippen LogP contribution < -0.4 is 0 Å². The molecule has 82 valence electrons. The van der Waals surface area contributed by atoms with Crippen LogP contribution in [0, 0.1) is 0 Å². The first-order chi connectivity index (χ1) is 7.29. The minimum absolute atomic E-state index is 0.410. The molecule has 0 fully saturated rings. The fourth-order valence-corrected chi connectivity index (χ4v) is 1.46. The highest BCUT2D eigenvalue weighted by Crippen LogP contribution is 2.13. The van der Waals surface area contributed by atoms with E-state index >= 15 is 0 Å². The predicted molar refractivity (Wildman–Crippen MR) is 65.2 cm³/mol. The van der Waals surface area contributed by atoms with Crippen molar-refractivity contribution in [1.29, 1.82) is 0 Å². The molecular formula is C12H16O2S. The summed E-state index contributed by atoms with van der Waals surface area (Å²) in [6.07, 6.45) is 14.8. The van der Waals surface area contributed by atoms with Crippen molar-refractivity contribution in [2.45, 2.75) is 25.7 Å². The number of allylic oxidation sites excluding steroid dienone is 5. The topological polar surface area (TPSA) is 26.3 Å². The Morgan fingerprint density at radius 2 is 2.33 bits per heavy atom. The van der Waals surface area contributed by atoms with Gasteiger partial charge in [-0.25, -0.2) is 4.79 Å². The van der Waals surface area contributed by atoms with Crippen molar-refractivity contribution in [3.8, 4) is 0 Å². The normalized spacial score (nSPS) is 15.4. The van der Waals surface area contributed by atoms with Crippen LogP contribution in [-0.4, -0.2) is 11.9 Å². The van der Waals surface area contributed by atoms with E-state index in [1.165, 1.54) is 5.57 Å². The minimum atomic E-state index is -0.513. The predicted octanol–water partition coefficient (Wildman–Crippen LogP) is 3.67. The van der Waals surface area contributed by atoms with Crippen molar-refractivity contribution in [2.24, 2.45) is 0 Å². The largest absolute Gasteiger partial charge is 0.457 e. The fraction of sp³-hybridized carbons (Fsp3) is 0.417. The van der Waals surface area contributed by atoms with Gasteiger partial charge in [-0.3, -0.25) is 0 Å². The molecule has 0 bridgehead atoms. The van der Waals surface area contributed by atoms with E-state index in [9.17, 15) is 4.79 Å². The average molecular weight is 224 g/mol. The van der Waals surface area contributed by atoms with Gasteiger partial charge < -0.3 is 4.74 Å². The van der Waals surface area contributed by atoms with Crippen LogP contribution in [0.25, 0.3) is 0 Å². The van der Waals surface area contributed by atoms with Gasteiger partial charge in [0.2, 0.25) is 0 Å². The van der Waals surface area contributed by atoms with Crippen LogP contribution in [0.4, 0.5) is 4.79 Å². The van der Waals surface area contributed by atoms with E-state index in [0.29, 0.717) is 6.61 Å². The smallest absolute Gasteiger partial charge is 0.364 e. The lowest BCUT2D eigenvalue weighted by Gasteiger charge is -2.02. The number of hydrogen-bond donors (Lipinski definition) is 1. The Morgan fingerprint density at radius 3 is 3.00 bits per heavy atom. The van der Waals surface area contributed by atoms with Gasteiger partial charge in [0.15, 0.2) is 0 Å². The number of carbonyl (C=O) groups excluding carboxylic acids is 1. The van der Waals surface area contributed by atoms with Crippen LogP contribution in [-0.2, 0) is 4.74 Å². The first-order valence-electron chi connectivity index (χ1n) is 5.15. The average Bonchev–Trinajstić information content (AvgIpc) is 2.24. The third-order valence-electron chi connectivity index (χ3n) is 2.10. The van der Waals surface area contributed by atoms with Gasteiger partial charge in [-0.1, -0.05) is 43.0 Å². The summed E-state index contributed by atoms with van der Waals surface area (Å²) in [5, 5.41) is -0.513. The van der Waals surface area contributed by atoms with E-state index in [2.05, 4.69) is 41.7 Å². The van der Waals surface area contributed by atoms with Gasteiger partial charge in [0.05, 0.1) is 6.61 Å². The number of rotatable bonds is 5. The summed E-state index contributed by atoms with van der Waals surface area (Å²) in [7, 11) is 0. The van der Waals surface area contributed by atoms with E-state index in [0.717, 1.165) is 25.7 Å². The Balaban J connectivity index is 2.08. The van der Waals surface area contributed by atoms with E-state index < -0.39 is 5.30 Å². The lowest BCUT2D eigenvalue weighted by Crippen LogP contribution is -1.94. The van der Waals surface area contributed by atoms with Crippen molar-refractivity contribution in [2.75, 3.05) is 6.61 Å². The summed E-state index contributed by atoms with van der Waals surface area (Å²) < 4.78 is 4.68. The molecule has 0 amide bonds. The molecular weight excluding hydrogens is 208 g/mol. The third kappa shape index (κ3) is 6.18. The molecule has 3 heteroatoms. The highest BCUT2D eigenvalue weighted by molar-refractivity contribution is 7.96. The van der Waals surface area contributed by atoms with E-state index in [4.69, 9.17) is 0 Å². The van der Waals surface area contributed by atoms with Crippen LogP contribution in [0.5, 0.6) is 0 Å². The van der Waals surface area contributed by atoms with Crippen LogP contribution in [0.2, 0.25) is 0 Å². The number of thiol groups is 1. The maximum atomic E-state index is 10.3. The summed E-state index contributed by atoms with van der Waals surface area (Å²) in [5.74, 6) is 0. The summed E-state index contributed by atoms with van der Waals surface area (Å²) in [6, 6.07) is 0. The van der Waals surface area contributed by atoms with E-state index in [-0.39, 0.29) is 0 Å². The van der Waals surface area contributed by atoms with Crippen molar-refractivity contribution in [3.63, 3.8) is 0 Å². The molecule has 0 spiro atoms. The second-order valence-corrected chi connectivity index (χ2v) is 3.70. The van der Waals surface area contributed by atoms with Gasteiger partial charge in [-0.05, 0) is 31.3 Å². The fourth-order valence-electron chi connectivity index (χ4n) is 1.37. The Kier molecular flexibility index (Phi) is 5.93. The molecule has 2 nitrogen and oxygen atoms in total. The molecule has 0 aromatic rings. The molecule has 0 heterocycles. The second-order valence-electron chi connectivity index (χ2n) is 3.34. The molecule has 0 aromatic carbocycles. The van der Waals surface area contributed by atoms with Crippen molar-refractivity contribution >= 4 is 17.9 Å². The Labute approximate surface area is 96.1 Å². The molecule has 1 rings (SSSR count). The van der Waals surface area contributed by atoms with Gasteiger partial charge in [0, 0.05) is 0 Å². The van der Waals surface area contributed by atoms with Crippen molar-refractivity contribution in [1.82, 2.24) is 0 Å². The van der Waals surface area contributed by atoms with Crippen LogP contribution >= 0.6 is 12.6 Å². The van der Waals surface area contributed by atoms with Gasteiger partial charge in [0.1, 0.15) is 0 Å². The van der Waals surface area contributed by atoms with Crippen molar-refractivity contribution < 1.29 is 9.53 Å². The summed E-state index contributed by atoms with van der Waals surface area (Å²) >= 11 is 3.50. The second kappa shape index (κ2) is 7.35. The third-order valence-corrected chi connectivity index (χ3v) is 2.23. The first-order valence-corrected chi connectivity index (χ1v) is 5.60. The molecule has 0 unspecified atom stereocenters. The lowest BCUT2D eigenvalue weighted by atomic mass is 10.0. The lowest BCUT2D eigenvalue weighted by molar-refractivity contribution is 0.178. The van der Waals surface area contributed by atoms with Gasteiger partial charge >= 0.3 is 5.30 Å². The Bertz CT molecular complexity index is 290. The Hall–Kier alpha value is -0.960. The molecule has 0 aliphatic heterocycles. The molecule has 0 aromatic heterocycles. The molecule has 0 saturated carbocycles. The standard InChI is InChI=1S/C12H16O2S/c13-12(15)14-10-6-2-5-9-11-7-3-1-4-8-11/h2-3,5,7-8H,1,4,6,9-10H2,(H,13,15)/b5-2+. The first kappa shape index (κ1) is 12.1. The molecule has 15 heavy (non-hydrogen) atoms. The molecule has 1 aliphatic rings. The number of ether oxygens (including phenoxy) is 1. The zero-order valence-electron chi connectivity index (χ0n) is 8.69. The van der Waals surface area contributed by atoms with Gasteiger partial charge in [-0.2, -0.15) is 0 Å². The Morgan fingerprint density at radius 1 is 1.47 bits per heavy atom. The highest BCUT2D eigenvalue weighted by atomic mass is 32.1. The maximum Gasteiger partial charge on any atom is 0.364 e. The SMILES string of the molecule is O=C(S)OCC/C=C/CC1=CCCC=C1. The van der Waals surface area contributed by atoms with Gasteiger partial charge in [0.25, 0.3) is 0 Å². The monoisotopic (exact) mass is 224 g/mol. The maximum absolute atomic E-state index is 10.3. The molecule has 0 saturated heterocycles. The van der Waals surface area contributed by atoms with E-state index in [1.54, 1.807) is 0 Å². The van der Waals surface area contributed by atoms with Crippen LogP contribution in [0.15, 0.2) is 36.0 Å². The quantitative estimate of drug-likeness (QED) is 0.334. The number of hydrogen-bond acceptors (Lipinski definition) is 2. The zero-order chi connectivity index (χ0) is 10.9.